The van der Waals surface area contributed by atoms with Crippen LogP contribution < -0.4 is 10.2 Å². The van der Waals surface area contributed by atoms with Gasteiger partial charge in [0.1, 0.15) is 5.82 Å². The van der Waals surface area contributed by atoms with E-state index in [1.807, 2.05) is 17.9 Å². The van der Waals surface area contributed by atoms with Gasteiger partial charge in [0, 0.05) is 51.4 Å². The van der Waals surface area contributed by atoms with Crippen molar-refractivity contribution < 1.29 is 4.79 Å². The molecule has 1 fully saturated rings. The normalized spacial score (nSPS) is 15.3. The highest BCUT2D eigenvalue weighted by molar-refractivity contribution is 5.73. The number of carbonyl (C=O) groups is 1. The number of carbonyl (C=O) groups excluding carboxylic acids is 1. The Morgan fingerprint density at radius 3 is 2.55 bits per heavy atom. The molecule has 1 aliphatic heterocycles. The summed E-state index contributed by atoms with van der Waals surface area (Å²) in [5.41, 5.74) is 0.964. The molecule has 1 aliphatic rings. The average molecular weight is 305 g/mol. The van der Waals surface area contributed by atoms with E-state index < -0.39 is 0 Å². The Balaban J connectivity index is 1.99. The molecule has 0 radical (unpaired) electrons. The predicted molar refractivity (Wildman–Crippen MR) is 89.2 cm³/mol. The van der Waals surface area contributed by atoms with Crippen LogP contribution in [0.4, 0.5) is 11.8 Å². The first-order valence-corrected chi connectivity index (χ1v) is 8.05. The van der Waals surface area contributed by atoms with Gasteiger partial charge in [0.15, 0.2) is 0 Å². The van der Waals surface area contributed by atoms with E-state index in [-0.39, 0.29) is 5.91 Å². The van der Waals surface area contributed by atoms with Crippen LogP contribution in [0.25, 0.3) is 0 Å². The van der Waals surface area contributed by atoms with Crippen LogP contribution in [0, 0.1) is 12.8 Å². The van der Waals surface area contributed by atoms with E-state index in [1.165, 1.54) is 0 Å². The van der Waals surface area contributed by atoms with E-state index in [2.05, 4.69) is 34.0 Å². The van der Waals surface area contributed by atoms with Crippen molar-refractivity contribution in [2.75, 3.05) is 42.9 Å². The summed E-state index contributed by atoms with van der Waals surface area (Å²) in [5, 5.41) is 3.38. The maximum Gasteiger partial charge on any atom is 0.227 e. The minimum atomic E-state index is 0.140. The van der Waals surface area contributed by atoms with Gasteiger partial charge in [0.2, 0.25) is 11.9 Å². The zero-order valence-electron chi connectivity index (χ0n) is 14.1. The Labute approximate surface area is 132 Å². The third-order valence-corrected chi connectivity index (χ3v) is 3.88. The second-order valence-electron chi connectivity index (χ2n) is 6.30. The van der Waals surface area contributed by atoms with E-state index in [0.29, 0.717) is 5.92 Å². The summed E-state index contributed by atoms with van der Waals surface area (Å²) in [4.78, 5) is 24.6. The largest absolute Gasteiger partial charge is 0.370 e. The monoisotopic (exact) mass is 305 g/mol. The van der Waals surface area contributed by atoms with Crippen LogP contribution in [0.3, 0.4) is 0 Å². The Bertz CT molecular complexity index is 509. The van der Waals surface area contributed by atoms with Gasteiger partial charge in [0.25, 0.3) is 0 Å². The third-order valence-electron chi connectivity index (χ3n) is 3.88. The van der Waals surface area contributed by atoms with E-state index >= 15 is 0 Å². The number of aryl methyl sites for hydroxylation is 1. The second kappa shape index (κ2) is 7.42. The SMILES string of the molecule is CC(=O)N1CCN(c2nc(C)cc(NCCC(C)C)n2)CC1. The van der Waals surface area contributed by atoms with Crippen LogP contribution >= 0.6 is 0 Å². The van der Waals surface area contributed by atoms with Gasteiger partial charge < -0.3 is 15.1 Å². The van der Waals surface area contributed by atoms with E-state index in [0.717, 1.165) is 56.6 Å². The second-order valence-corrected chi connectivity index (χ2v) is 6.30. The molecule has 0 atom stereocenters. The lowest BCUT2D eigenvalue weighted by atomic mass is 10.1. The molecule has 0 saturated carbocycles. The molecule has 2 heterocycles. The van der Waals surface area contributed by atoms with E-state index in [4.69, 9.17) is 0 Å². The molecular formula is C16H27N5O. The van der Waals surface area contributed by atoms with Gasteiger partial charge in [-0.25, -0.2) is 4.98 Å². The van der Waals surface area contributed by atoms with Crippen molar-refractivity contribution in [1.29, 1.82) is 0 Å². The number of hydrogen-bond donors (Lipinski definition) is 1. The van der Waals surface area contributed by atoms with Crippen LogP contribution in [0.2, 0.25) is 0 Å². The fourth-order valence-electron chi connectivity index (χ4n) is 2.50. The van der Waals surface area contributed by atoms with Gasteiger partial charge >= 0.3 is 0 Å². The molecule has 1 aromatic heterocycles. The zero-order valence-corrected chi connectivity index (χ0v) is 14.1. The highest BCUT2D eigenvalue weighted by atomic mass is 16.2. The first-order chi connectivity index (χ1) is 10.5. The molecule has 122 valence electrons. The van der Waals surface area contributed by atoms with Gasteiger partial charge in [-0.2, -0.15) is 4.98 Å². The van der Waals surface area contributed by atoms with Crippen molar-refractivity contribution >= 4 is 17.7 Å². The summed E-state index contributed by atoms with van der Waals surface area (Å²) in [6, 6.07) is 1.98. The maximum atomic E-state index is 11.4. The van der Waals surface area contributed by atoms with Gasteiger partial charge in [-0.15, -0.1) is 0 Å². The molecule has 0 bridgehead atoms. The molecule has 0 aromatic carbocycles. The molecule has 6 nitrogen and oxygen atoms in total. The summed E-state index contributed by atoms with van der Waals surface area (Å²) in [6.07, 6.45) is 1.12. The zero-order chi connectivity index (χ0) is 16.1. The van der Waals surface area contributed by atoms with Gasteiger partial charge in [-0.1, -0.05) is 13.8 Å². The molecule has 6 heteroatoms. The van der Waals surface area contributed by atoms with Crippen LogP contribution in [0.1, 0.15) is 32.9 Å². The first-order valence-electron chi connectivity index (χ1n) is 8.05. The Morgan fingerprint density at radius 2 is 1.95 bits per heavy atom. The van der Waals surface area contributed by atoms with Gasteiger partial charge in [0.05, 0.1) is 0 Å². The molecule has 1 aromatic rings. The average Bonchev–Trinajstić information content (AvgIpc) is 2.46. The van der Waals surface area contributed by atoms with E-state index in [9.17, 15) is 4.79 Å². The smallest absolute Gasteiger partial charge is 0.227 e. The number of nitrogens with one attached hydrogen (secondary N) is 1. The quantitative estimate of drug-likeness (QED) is 0.900. The van der Waals surface area contributed by atoms with Crippen molar-refractivity contribution in [3.63, 3.8) is 0 Å². The lowest BCUT2D eigenvalue weighted by Gasteiger charge is -2.34. The van der Waals surface area contributed by atoms with Crippen LogP contribution in [0.5, 0.6) is 0 Å². The highest BCUT2D eigenvalue weighted by Gasteiger charge is 2.20. The van der Waals surface area contributed by atoms with Crippen LogP contribution in [0.15, 0.2) is 6.07 Å². The Morgan fingerprint density at radius 1 is 1.27 bits per heavy atom. The Kier molecular flexibility index (Phi) is 5.57. The number of hydrogen-bond acceptors (Lipinski definition) is 5. The third kappa shape index (κ3) is 4.58. The number of amides is 1. The maximum absolute atomic E-state index is 11.4. The summed E-state index contributed by atoms with van der Waals surface area (Å²) in [5.74, 6) is 2.46. The molecule has 1 N–H and O–H groups in total. The highest BCUT2D eigenvalue weighted by Crippen LogP contribution is 2.16. The van der Waals surface area contributed by atoms with Crippen molar-refractivity contribution in [3.05, 3.63) is 11.8 Å². The van der Waals surface area contributed by atoms with E-state index in [1.54, 1.807) is 6.92 Å². The summed E-state index contributed by atoms with van der Waals surface area (Å²) in [7, 11) is 0. The fourth-order valence-corrected chi connectivity index (χ4v) is 2.50. The molecule has 0 spiro atoms. The molecule has 0 unspecified atom stereocenters. The Hall–Kier alpha value is -1.85. The molecular weight excluding hydrogens is 278 g/mol. The van der Waals surface area contributed by atoms with Crippen LogP contribution in [-0.4, -0.2) is 53.5 Å². The number of piperazine rings is 1. The number of rotatable bonds is 5. The van der Waals surface area contributed by atoms with Gasteiger partial charge in [-0.3, -0.25) is 4.79 Å². The minimum absolute atomic E-state index is 0.140. The van der Waals surface area contributed by atoms with Gasteiger partial charge in [-0.05, 0) is 19.3 Å². The standard InChI is InChI=1S/C16H27N5O/c1-12(2)5-6-17-15-11-13(3)18-16(19-15)21-9-7-20(8-10-21)14(4)22/h11-12H,5-10H2,1-4H3,(H,17,18,19). The molecule has 1 saturated heterocycles. The molecule has 2 rings (SSSR count). The molecule has 0 aliphatic carbocycles. The minimum Gasteiger partial charge on any atom is -0.370 e. The molecule has 22 heavy (non-hydrogen) atoms. The lowest BCUT2D eigenvalue weighted by molar-refractivity contribution is -0.129. The first kappa shape index (κ1) is 16.5. The van der Waals surface area contributed by atoms with Crippen molar-refractivity contribution in [2.24, 2.45) is 5.92 Å². The summed E-state index contributed by atoms with van der Waals surface area (Å²) in [6.45, 7) is 12.0. The molecule has 1 amide bonds. The predicted octanol–water partition coefficient (Wildman–Crippen LogP) is 1.91. The summed E-state index contributed by atoms with van der Waals surface area (Å²) >= 11 is 0. The van der Waals surface area contributed by atoms with Crippen molar-refractivity contribution in [1.82, 2.24) is 14.9 Å². The van der Waals surface area contributed by atoms with Crippen molar-refractivity contribution in [2.45, 2.75) is 34.1 Å². The van der Waals surface area contributed by atoms with Crippen LogP contribution in [-0.2, 0) is 4.79 Å². The fraction of sp³-hybridized carbons (Fsp3) is 0.688. The topological polar surface area (TPSA) is 61.4 Å². The number of nitrogens with zero attached hydrogens (tertiary/aromatic N) is 4. The summed E-state index contributed by atoms with van der Waals surface area (Å²) < 4.78 is 0. The van der Waals surface area contributed by atoms with Crippen molar-refractivity contribution in [3.8, 4) is 0 Å². The lowest BCUT2D eigenvalue weighted by Crippen LogP contribution is -2.48. The number of anilines is 2. The number of aromatic nitrogens is 2.